The van der Waals surface area contributed by atoms with Gasteiger partial charge in [0.2, 0.25) is 0 Å². The smallest absolute Gasteiger partial charge is 0.267 e. The zero-order valence-electron chi connectivity index (χ0n) is 10.5. The summed E-state index contributed by atoms with van der Waals surface area (Å²) in [5.41, 5.74) is 4.98. The molecule has 0 aliphatic rings. The van der Waals surface area contributed by atoms with Crippen LogP contribution in [0.1, 0.15) is 21.1 Å². The van der Waals surface area contributed by atoms with Gasteiger partial charge in [-0.25, -0.2) is 9.97 Å². The number of nitrogens with one attached hydrogen (secondary N) is 1. The summed E-state index contributed by atoms with van der Waals surface area (Å²) in [6.07, 6.45) is 3.77. The average molecular weight is 272 g/mol. The van der Waals surface area contributed by atoms with Gasteiger partial charge in [0, 0.05) is 12.4 Å². The van der Waals surface area contributed by atoms with E-state index in [2.05, 4.69) is 15.3 Å². The highest BCUT2D eigenvalue weighted by Gasteiger charge is 2.12. The molecule has 0 aromatic carbocycles. The van der Waals surface area contributed by atoms with Crippen molar-refractivity contribution in [3.05, 3.63) is 46.3 Å². The van der Waals surface area contributed by atoms with Crippen LogP contribution in [0.5, 0.6) is 0 Å². The largest absolute Gasteiger partial charge is 0.320 e. The zero-order chi connectivity index (χ0) is 13.4. The molecule has 3 aromatic rings. The highest BCUT2D eigenvalue weighted by atomic mass is 32.1. The van der Waals surface area contributed by atoms with Crippen molar-refractivity contribution < 1.29 is 4.79 Å². The van der Waals surface area contributed by atoms with E-state index in [1.807, 2.05) is 42.8 Å². The first kappa shape index (κ1) is 11.9. The van der Waals surface area contributed by atoms with Crippen LogP contribution in [0.2, 0.25) is 0 Å². The molecule has 0 saturated carbocycles. The van der Waals surface area contributed by atoms with E-state index in [0.717, 1.165) is 22.7 Å². The summed E-state index contributed by atoms with van der Waals surface area (Å²) in [5.74, 6) is -0.129. The summed E-state index contributed by atoms with van der Waals surface area (Å²) in [5, 5.41) is 2.87. The van der Waals surface area contributed by atoms with E-state index in [1.165, 1.54) is 11.3 Å². The molecule has 0 spiro atoms. The third-order valence-corrected chi connectivity index (χ3v) is 3.71. The number of thiazole rings is 1. The first-order valence-corrected chi connectivity index (χ1v) is 6.68. The molecule has 3 aromatic heterocycles. The Morgan fingerprint density at radius 3 is 2.89 bits per heavy atom. The molecule has 0 radical (unpaired) electrons. The van der Waals surface area contributed by atoms with Crippen molar-refractivity contribution in [3.63, 3.8) is 0 Å². The van der Waals surface area contributed by atoms with Gasteiger partial charge in [-0.15, -0.1) is 11.3 Å². The Morgan fingerprint density at radius 2 is 2.16 bits per heavy atom. The van der Waals surface area contributed by atoms with E-state index in [0.29, 0.717) is 4.88 Å². The van der Waals surface area contributed by atoms with Crippen LogP contribution in [0, 0.1) is 13.8 Å². The number of aromatic nitrogens is 3. The number of aryl methyl sites for hydroxylation is 2. The number of anilines is 1. The third kappa shape index (κ3) is 2.22. The number of imidazole rings is 1. The Balaban J connectivity index is 1.89. The van der Waals surface area contributed by atoms with Crippen LogP contribution in [0.3, 0.4) is 0 Å². The number of hydrogen-bond donors (Lipinski definition) is 1. The lowest BCUT2D eigenvalue weighted by atomic mass is 10.3. The number of rotatable bonds is 2. The molecule has 1 amide bonds. The van der Waals surface area contributed by atoms with E-state index in [4.69, 9.17) is 0 Å². The van der Waals surface area contributed by atoms with Crippen molar-refractivity contribution in [2.24, 2.45) is 0 Å². The van der Waals surface area contributed by atoms with Crippen LogP contribution in [-0.4, -0.2) is 20.3 Å². The van der Waals surface area contributed by atoms with E-state index >= 15 is 0 Å². The van der Waals surface area contributed by atoms with Crippen molar-refractivity contribution in [2.45, 2.75) is 13.8 Å². The SMILES string of the molecule is Cc1cn2cc(NC(=O)c3scnc3C)ccc2n1. The topological polar surface area (TPSA) is 59.3 Å². The maximum atomic E-state index is 12.1. The number of pyridine rings is 1. The second kappa shape index (κ2) is 4.47. The number of carbonyl (C=O) groups excluding carboxylic acids is 1. The fraction of sp³-hybridized carbons (Fsp3) is 0.154. The first-order valence-electron chi connectivity index (χ1n) is 5.80. The fourth-order valence-corrected chi connectivity index (χ4v) is 2.60. The lowest BCUT2D eigenvalue weighted by Gasteiger charge is -2.04. The molecule has 0 saturated heterocycles. The normalized spacial score (nSPS) is 10.8. The quantitative estimate of drug-likeness (QED) is 0.780. The first-order chi connectivity index (χ1) is 9.13. The lowest BCUT2D eigenvalue weighted by Crippen LogP contribution is -2.11. The predicted molar refractivity (Wildman–Crippen MR) is 74.7 cm³/mol. The molecule has 3 rings (SSSR count). The summed E-state index contributed by atoms with van der Waals surface area (Å²) in [6, 6.07) is 3.72. The minimum Gasteiger partial charge on any atom is -0.320 e. The third-order valence-electron chi connectivity index (χ3n) is 2.78. The second-order valence-electron chi connectivity index (χ2n) is 4.29. The average Bonchev–Trinajstić information content (AvgIpc) is 2.93. The highest BCUT2D eigenvalue weighted by Crippen LogP contribution is 2.16. The molecule has 1 N–H and O–H groups in total. The van der Waals surface area contributed by atoms with E-state index in [-0.39, 0.29) is 5.91 Å². The van der Waals surface area contributed by atoms with Crippen LogP contribution in [0.15, 0.2) is 30.0 Å². The van der Waals surface area contributed by atoms with Gasteiger partial charge in [0.1, 0.15) is 10.5 Å². The number of hydrogen-bond acceptors (Lipinski definition) is 4. The molecular weight excluding hydrogens is 260 g/mol. The minimum atomic E-state index is -0.129. The Kier molecular flexibility index (Phi) is 2.79. The van der Waals surface area contributed by atoms with Crippen molar-refractivity contribution in [1.29, 1.82) is 0 Å². The Hall–Kier alpha value is -2.21. The molecular formula is C13H12N4OS. The van der Waals surface area contributed by atoms with Gasteiger partial charge in [-0.3, -0.25) is 4.79 Å². The Morgan fingerprint density at radius 1 is 1.32 bits per heavy atom. The van der Waals surface area contributed by atoms with Crippen LogP contribution in [0.25, 0.3) is 5.65 Å². The van der Waals surface area contributed by atoms with Gasteiger partial charge in [0.05, 0.1) is 22.6 Å². The standard InChI is InChI=1S/C13H12N4OS/c1-8-5-17-6-10(3-4-11(17)15-8)16-13(18)12-9(2)14-7-19-12/h3-7H,1-2H3,(H,16,18). The van der Waals surface area contributed by atoms with Gasteiger partial charge < -0.3 is 9.72 Å². The maximum Gasteiger partial charge on any atom is 0.267 e. The molecule has 19 heavy (non-hydrogen) atoms. The number of carbonyl (C=O) groups is 1. The summed E-state index contributed by atoms with van der Waals surface area (Å²) in [7, 11) is 0. The van der Waals surface area contributed by atoms with Crippen molar-refractivity contribution >= 4 is 28.6 Å². The van der Waals surface area contributed by atoms with Gasteiger partial charge >= 0.3 is 0 Å². The molecule has 0 aliphatic heterocycles. The zero-order valence-corrected chi connectivity index (χ0v) is 11.4. The summed E-state index contributed by atoms with van der Waals surface area (Å²) in [6.45, 7) is 3.76. The second-order valence-corrected chi connectivity index (χ2v) is 5.14. The lowest BCUT2D eigenvalue weighted by molar-refractivity contribution is 0.103. The van der Waals surface area contributed by atoms with Crippen molar-refractivity contribution in [3.8, 4) is 0 Å². The minimum absolute atomic E-state index is 0.129. The van der Waals surface area contributed by atoms with Gasteiger partial charge in [0.15, 0.2) is 0 Å². The fourth-order valence-electron chi connectivity index (χ4n) is 1.90. The van der Waals surface area contributed by atoms with Crippen LogP contribution in [-0.2, 0) is 0 Å². The molecule has 3 heterocycles. The number of fused-ring (bicyclic) bond motifs is 1. The van der Waals surface area contributed by atoms with Crippen LogP contribution < -0.4 is 5.32 Å². The van der Waals surface area contributed by atoms with Gasteiger partial charge in [-0.05, 0) is 26.0 Å². The molecule has 0 bridgehead atoms. The number of nitrogens with zero attached hydrogens (tertiary/aromatic N) is 3. The molecule has 0 atom stereocenters. The van der Waals surface area contributed by atoms with Gasteiger partial charge in [0.25, 0.3) is 5.91 Å². The summed E-state index contributed by atoms with van der Waals surface area (Å²) < 4.78 is 1.89. The van der Waals surface area contributed by atoms with E-state index < -0.39 is 0 Å². The van der Waals surface area contributed by atoms with Crippen LogP contribution >= 0.6 is 11.3 Å². The van der Waals surface area contributed by atoms with Gasteiger partial charge in [-0.2, -0.15) is 0 Å². The van der Waals surface area contributed by atoms with E-state index in [1.54, 1.807) is 5.51 Å². The summed E-state index contributed by atoms with van der Waals surface area (Å²) in [4.78, 5) is 21.1. The van der Waals surface area contributed by atoms with Crippen LogP contribution in [0.4, 0.5) is 5.69 Å². The molecule has 96 valence electrons. The molecule has 0 fully saturated rings. The van der Waals surface area contributed by atoms with Gasteiger partial charge in [-0.1, -0.05) is 0 Å². The molecule has 6 heteroatoms. The molecule has 5 nitrogen and oxygen atoms in total. The van der Waals surface area contributed by atoms with E-state index in [9.17, 15) is 4.79 Å². The maximum absolute atomic E-state index is 12.1. The molecule has 0 aliphatic carbocycles. The molecule has 0 unspecified atom stereocenters. The van der Waals surface area contributed by atoms with Crippen molar-refractivity contribution in [2.75, 3.05) is 5.32 Å². The Bertz CT molecular complexity index is 759. The highest BCUT2D eigenvalue weighted by molar-refractivity contribution is 7.12. The summed E-state index contributed by atoms with van der Waals surface area (Å²) >= 11 is 1.34. The van der Waals surface area contributed by atoms with Crippen molar-refractivity contribution in [1.82, 2.24) is 14.4 Å². The Labute approximate surface area is 113 Å². The predicted octanol–water partition coefficient (Wildman–Crippen LogP) is 2.66. The monoisotopic (exact) mass is 272 g/mol. The number of amides is 1.